The molecule has 2 saturated heterocycles. The lowest BCUT2D eigenvalue weighted by molar-refractivity contribution is -0.137. The molecule has 2 aliphatic heterocycles. The van der Waals surface area contributed by atoms with Crippen LogP contribution in [0.4, 0.5) is 24.5 Å². The van der Waals surface area contributed by atoms with Gasteiger partial charge in [-0.2, -0.15) is 13.2 Å². The van der Waals surface area contributed by atoms with Crippen molar-refractivity contribution in [1.29, 1.82) is 0 Å². The molecule has 2 aromatic rings. The van der Waals surface area contributed by atoms with Crippen LogP contribution in [-0.4, -0.2) is 50.6 Å². The Balaban J connectivity index is 1.46. The van der Waals surface area contributed by atoms with E-state index in [2.05, 4.69) is 29.0 Å². The van der Waals surface area contributed by atoms with Gasteiger partial charge in [0.05, 0.1) is 5.56 Å². The lowest BCUT2D eigenvalue weighted by Crippen LogP contribution is -2.44. The largest absolute Gasteiger partial charge is 0.416 e. The Morgan fingerprint density at radius 1 is 0.933 bits per heavy atom. The van der Waals surface area contributed by atoms with Gasteiger partial charge in [0.25, 0.3) is 0 Å². The van der Waals surface area contributed by atoms with Crippen LogP contribution in [0.25, 0.3) is 0 Å². The molecule has 1 unspecified atom stereocenters. The Hall–Kier alpha value is -2.54. The summed E-state index contributed by atoms with van der Waals surface area (Å²) in [7, 11) is 2.12. The van der Waals surface area contributed by atoms with E-state index in [9.17, 15) is 18.0 Å². The lowest BCUT2D eigenvalue weighted by Gasteiger charge is -2.35. The van der Waals surface area contributed by atoms with Gasteiger partial charge in [-0.1, -0.05) is 18.2 Å². The molecular formula is C23H26F3N3O. The topological polar surface area (TPSA) is 26.8 Å². The quantitative estimate of drug-likeness (QED) is 0.751. The van der Waals surface area contributed by atoms with Crippen LogP contribution in [-0.2, 0) is 17.4 Å². The van der Waals surface area contributed by atoms with Gasteiger partial charge in [-0.3, -0.25) is 4.79 Å². The second kappa shape index (κ2) is 8.30. The van der Waals surface area contributed by atoms with Crippen molar-refractivity contribution in [2.24, 2.45) is 5.92 Å². The molecule has 1 atom stereocenters. The number of hydrogen-bond donors (Lipinski definition) is 0. The number of amides is 1. The van der Waals surface area contributed by atoms with Crippen LogP contribution in [0.5, 0.6) is 0 Å². The summed E-state index contributed by atoms with van der Waals surface area (Å²) < 4.78 is 38.4. The average Bonchev–Trinajstić information content (AvgIpc) is 3.09. The molecule has 2 aliphatic rings. The standard InChI is InChI=1S/C23H26F3N3O/c1-27-12-14-28(15-13-27)21-5-3-2-4-17(21)16-18-10-11-29(22(18)30)20-8-6-19(7-9-20)23(24,25)26/h2-9,18H,10-16H2,1H3. The summed E-state index contributed by atoms with van der Waals surface area (Å²) in [6.07, 6.45) is -3.02. The first kappa shape index (κ1) is 20.7. The van der Waals surface area contributed by atoms with E-state index in [0.717, 1.165) is 43.9 Å². The fourth-order valence-electron chi connectivity index (χ4n) is 4.32. The molecule has 1 amide bonds. The fraction of sp³-hybridized carbons (Fsp3) is 0.435. The van der Waals surface area contributed by atoms with Crippen LogP contribution < -0.4 is 9.80 Å². The maximum atomic E-state index is 13.0. The Morgan fingerprint density at radius 3 is 2.27 bits per heavy atom. The van der Waals surface area contributed by atoms with Gasteiger partial charge in [-0.05, 0) is 55.8 Å². The average molecular weight is 417 g/mol. The molecule has 0 bridgehead atoms. The predicted octanol–water partition coefficient (Wildman–Crippen LogP) is 4.05. The monoisotopic (exact) mass is 417 g/mol. The summed E-state index contributed by atoms with van der Waals surface area (Å²) in [6.45, 7) is 4.48. The van der Waals surface area contributed by atoms with E-state index in [1.165, 1.54) is 17.8 Å². The number of rotatable bonds is 4. The predicted molar refractivity (Wildman–Crippen MR) is 112 cm³/mol. The van der Waals surface area contributed by atoms with Crippen molar-refractivity contribution in [2.75, 3.05) is 49.6 Å². The van der Waals surface area contributed by atoms with Crippen molar-refractivity contribution in [2.45, 2.75) is 19.0 Å². The van der Waals surface area contributed by atoms with E-state index in [0.29, 0.717) is 25.1 Å². The Morgan fingerprint density at radius 2 is 1.60 bits per heavy atom. The molecule has 0 aliphatic carbocycles. The van der Waals surface area contributed by atoms with Crippen molar-refractivity contribution in [3.63, 3.8) is 0 Å². The molecule has 4 nitrogen and oxygen atoms in total. The van der Waals surface area contributed by atoms with Crippen LogP contribution in [0.1, 0.15) is 17.5 Å². The SMILES string of the molecule is CN1CCN(c2ccccc2CC2CCN(c3ccc(C(F)(F)F)cc3)C2=O)CC1. The summed E-state index contributed by atoms with van der Waals surface area (Å²) in [6, 6.07) is 13.1. The molecule has 0 aromatic heterocycles. The van der Waals surface area contributed by atoms with E-state index in [1.54, 1.807) is 4.90 Å². The van der Waals surface area contributed by atoms with Crippen LogP contribution in [0.3, 0.4) is 0 Å². The van der Waals surface area contributed by atoms with Gasteiger partial charge in [-0.25, -0.2) is 0 Å². The molecule has 2 heterocycles. The summed E-state index contributed by atoms with van der Waals surface area (Å²) in [5.74, 6) is -0.163. The third-order valence-corrected chi connectivity index (χ3v) is 6.12. The van der Waals surface area contributed by atoms with Crippen LogP contribution in [0, 0.1) is 5.92 Å². The summed E-state index contributed by atoms with van der Waals surface area (Å²) in [5.41, 5.74) is 2.18. The number of alkyl halides is 3. The smallest absolute Gasteiger partial charge is 0.369 e. The minimum atomic E-state index is -4.37. The number of carbonyl (C=O) groups is 1. The highest BCUT2D eigenvalue weighted by atomic mass is 19.4. The molecular weight excluding hydrogens is 391 g/mol. The van der Waals surface area contributed by atoms with Crippen molar-refractivity contribution in [3.05, 3.63) is 59.7 Å². The van der Waals surface area contributed by atoms with Crippen molar-refractivity contribution in [3.8, 4) is 0 Å². The van der Waals surface area contributed by atoms with Gasteiger partial charge in [0.1, 0.15) is 0 Å². The van der Waals surface area contributed by atoms with Gasteiger partial charge in [0.15, 0.2) is 0 Å². The maximum Gasteiger partial charge on any atom is 0.416 e. The molecule has 30 heavy (non-hydrogen) atoms. The second-order valence-corrected chi connectivity index (χ2v) is 8.14. The maximum absolute atomic E-state index is 13.0. The number of likely N-dealkylation sites (N-methyl/N-ethyl adjacent to an activating group) is 1. The second-order valence-electron chi connectivity index (χ2n) is 8.14. The van der Waals surface area contributed by atoms with E-state index in [-0.39, 0.29) is 11.8 Å². The highest BCUT2D eigenvalue weighted by molar-refractivity contribution is 5.97. The van der Waals surface area contributed by atoms with Gasteiger partial charge in [0, 0.05) is 50.0 Å². The van der Waals surface area contributed by atoms with Crippen LogP contribution >= 0.6 is 0 Å². The van der Waals surface area contributed by atoms with Crippen LogP contribution in [0.2, 0.25) is 0 Å². The zero-order valence-electron chi connectivity index (χ0n) is 17.0. The third-order valence-electron chi connectivity index (χ3n) is 6.12. The number of hydrogen-bond acceptors (Lipinski definition) is 3. The molecule has 4 rings (SSSR count). The van der Waals surface area contributed by atoms with E-state index in [1.807, 2.05) is 12.1 Å². The summed E-state index contributed by atoms with van der Waals surface area (Å²) >= 11 is 0. The van der Waals surface area contributed by atoms with Crippen molar-refractivity contribution >= 4 is 17.3 Å². The number of benzene rings is 2. The first-order valence-corrected chi connectivity index (χ1v) is 10.3. The minimum absolute atomic E-state index is 0.0112. The first-order chi connectivity index (χ1) is 14.3. The number of piperazine rings is 1. The highest BCUT2D eigenvalue weighted by Gasteiger charge is 2.34. The Bertz CT molecular complexity index is 889. The van der Waals surface area contributed by atoms with Crippen LogP contribution in [0.15, 0.2) is 48.5 Å². The Kier molecular flexibility index (Phi) is 5.73. The van der Waals surface area contributed by atoms with Gasteiger partial charge in [0.2, 0.25) is 5.91 Å². The number of para-hydroxylation sites is 1. The minimum Gasteiger partial charge on any atom is -0.369 e. The normalized spacial score (nSPS) is 20.8. The number of halogens is 3. The molecule has 160 valence electrons. The molecule has 0 N–H and O–H groups in total. The molecule has 2 fully saturated rings. The Labute approximate surface area is 174 Å². The highest BCUT2D eigenvalue weighted by Crippen LogP contribution is 2.34. The fourth-order valence-corrected chi connectivity index (χ4v) is 4.32. The molecule has 0 radical (unpaired) electrons. The van der Waals surface area contributed by atoms with Gasteiger partial charge in [-0.15, -0.1) is 0 Å². The van der Waals surface area contributed by atoms with Gasteiger partial charge >= 0.3 is 6.18 Å². The number of nitrogens with zero attached hydrogens (tertiary/aromatic N) is 3. The van der Waals surface area contributed by atoms with E-state index < -0.39 is 11.7 Å². The molecule has 0 saturated carbocycles. The third kappa shape index (κ3) is 4.31. The van der Waals surface area contributed by atoms with Crippen molar-refractivity contribution in [1.82, 2.24) is 4.90 Å². The summed E-state index contributed by atoms with van der Waals surface area (Å²) in [4.78, 5) is 19.3. The molecule has 7 heteroatoms. The van der Waals surface area contributed by atoms with Crippen molar-refractivity contribution < 1.29 is 18.0 Å². The van der Waals surface area contributed by atoms with Gasteiger partial charge < -0.3 is 14.7 Å². The zero-order chi connectivity index (χ0) is 21.3. The zero-order valence-corrected chi connectivity index (χ0v) is 17.0. The number of anilines is 2. The van der Waals surface area contributed by atoms with E-state index in [4.69, 9.17) is 0 Å². The number of carbonyl (C=O) groups excluding carboxylic acids is 1. The van der Waals surface area contributed by atoms with E-state index >= 15 is 0 Å². The summed E-state index contributed by atoms with van der Waals surface area (Å²) in [5, 5.41) is 0. The first-order valence-electron chi connectivity index (χ1n) is 10.3. The lowest BCUT2D eigenvalue weighted by atomic mass is 9.96. The molecule has 2 aromatic carbocycles. The molecule has 0 spiro atoms.